The van der Waals surface area contributed by atoms with Gasteiger partial charge in [-0.05, 0) is 12.1 Å². The van der Waals surface area contributed by atoms with Gasteiger partial charge in [-0.15, -0.1) is 0 Å². The summed E-state index contributed by atoms with van der Waals surface area (Å²) in [7, 11) is 0. The van der Waals surface area contributed by atoms with E-state index in [-0.39, 0.29) is 23.7 Å². The van der Waals surface area contributed by atoms with Crippen molar-refractivity contribution < 1.29 is 19.7 Å². The number of ether oxygens (including phenoxy) is 1. The molecule has 0 bridgehead atoms. The van der Waals surface area contributed by atoms with Gasteiger partial charge in [-0.2, -0.15) is 5.26 Å². The van der Waals surface area contributed by atoms with Crippen LogP contribution in [0.15, 0.2) is 18.2 Å². The number of rotatable bonds is 2. The van der Waals surface area contributed by atoms with Crippen LogP contribution < -0.4 is 0 Å². The number of carbonyl (C=O) groups is 1. The monoisotopic (exact) mass is 193 g/mol. The standard InChI is InChI=1S/C9H7NO4/c10-3-4-14-9(13)7-2-1-6(11)5-8(7)12/h1-2,5,11-12H,4H2. The van der Waals surface area contributed by atoms with Crippen molar-refractivity contribution in [1.82, 2.24) is 0 Å². The van der Waals surface area contributed by atoms with E-state index in [4.69, 9.17) is 10.4 Å². The van der Waals surface area contributed by atoms with Crippen LogP contribution in [0.2, 0.25) is 0 Å². The Morgan fingerprint density at radius 1 is 1.50 bits per heavy atom. The molecular weight excluding hydrogens is 186 g/mol. The number of hydrogen-bond donors (Lipinski definition) is 2. The minimum absolute atomic E-state index is 0.0851. The molecule has 5 heteroatoms. The quantitative estimate of drug-likeness (QED) is 0.677. The fourth-order valence-corrected chi connectivity index (χ4v) is 0.868. The van der Waals surface area contributed by atoms with Crippen LogP contribution in [0.1, 0.15) is 10.4 Å². The van der Waals surface area contributed by atoms with Gasteiger partial charge in [0.15, 0.2) is 6.61 Å². The molecule has 0 aliphatic heterocycles. The Balaban J connectivity index is 2.86. The molecule has 1 aromatic carbocycles. The van der Waals surface area contributed by atoms with E-state index in [1.54, 1.807) is 6.07 Å². The van der Waals surface area contributed by atoms with Crippen LogP contribution in [-0.4, -0.2) is 22.8 Å². The van der Waals surface area contributed by atoms with Crippen LogP contribution in [-0.2, 0) is 4.74 Å². The molecule has 1 rings (SSSR count). The van der Waals surface area contributed by atoms with Crippen molar-refractivity contribution in [2.45, 2.75) is 0 Å². The summed E-state index contributed by atoms with van der Waals surface area (Å²) in [5.74, 6) is -1.34. The van der Waals surface area contributed by atoms with E-state index < -0.39 is 5.97 Å². The molecular formula is C9H7NO4. The molecule has 0 aliphatic rings. The van der Waals surface area contributed by atoms with Gasteiger partial charge in [-0.25, -0.2) is 4.79 Å². The number of phenols is 2. The summed E-state index contributed by atoms with van der Waals surface area (Å²) in [5.41, 5.74) is -0.0851. The molecule has 0 aliphatic carbocycles. The summed E-state index contributed by atoms with van der Waals surface area (Å²) in [5, 5.41) is 26.3. The summed E-state index contributed by atoms with van der Waals surface area (Å²) < 4.78 is 4.46. The Bertz CT molecular complexity index is 394. The Labute approximate surface area is 79.8 Å². The predicted octanol–water partition coefficient (Wildman–Crippen LogP) is 0.778. The SMILES string of the molecule is N#CCOC(=O)c1ccc(O)cc1O. The lowest BCUT2D eigenvalue weighted by Gasteiger charge is -2.02. The van der Waals surface area contributed by atoms with Crippen molar-refractivity contribution in [2.24, 2.45) is 0 Å². The molecule has 0 saturated carbocycles. The van der Waals surface area contributed by atoms with Gasteiger partial charge in [0.1, 0.15) is 23.1 Å². The van der Waals surface area contributed by atoms with Gasteiger partial charge in [-0.3, -0.25) is 0 Å². The number of hydrogen-bond acceptors (Lipinski definition) is 5. The summed E-state index contributed by atoms with van der Waals surface area (Å²) >= 11 is 0. The van der Waals surface area contributed by atoms with E-state index in [9.17, 15) is 9.90 Å². The lowest BCUT2D eigenvalue weighted by atomic mass is 10.2. The number of nitrogens with zero attached hydrogens (tertiary/aromatic N) is 1. The zero-order valence-corrected chi connectivity index (χ0v) is 7.10. The second kappa shape index (κ2) is 4.14. The molecule has 1 aromatic rings. The molecule has 5 nitrogen and oxygen atoms in total. The largest absolute Gasteiger partial charge is 0.508 e. The molecule has 0 amide bonds. The first-order valence-electron chi connectivity index (χ1n) is 3.71. The fraction of sp³-hybridized carbons (Fsp3) is 0.111. The molecule has 0 atom stereocenters. The van der Waals surface area contributed by atoms with Crippen LogP contribution in [0.5, 0.6) is 11.5 Å². The second-order valence-electron chi connectivity index (χ2n) is 2.44. The smallest absolute Gasteiger partial charge is 0.342 e. The Morgan fingerprint density at radius 3 is 2.79 bits per heavy atom. The minimum atomic E-state index is -0.802. The number of phenolic OH excluding ortho intramolecular Hbond substituents is 2. The van der Waals surface area contributed by atoms with E-state index >= 15 is 0 Å². The number of carbonyl (C=O) groups excluding carboxylic acids is 1. The van der Waals surface area contributed by atoms with Crippen molar-refractivity contribution in [3.63, 3.8) is 0 Å². The highest BCUT2D eigenvalue weighted by atomic mass is 16.5. The van der Waals surface area contributed by atoms with E-state index in [1.807, 2.05) is 0 Å². The Morgan fingerprint density at radius 2 is 2.21 bits per heavy atom. The first-order chi connectivity index (χ1) is 6.65. The van der Waals surface area contributed by atoms with E-state index in [2.05, 4.69) is 4.74 Å². The molecule has 0 saturated heterocycles. The van der Waals surface area contributed by atoms with Gasteiger partial charge in [0.25, 0.3) is 0 Å². The van der Waals surface area contributed by atoms with Crippen molar-refractivity contribution in [3.8, 4) is 17.6 Å². The van der Waals surface area contributed by atoms with Crippen molar-refractivity contribution in [2.75, 3.05) is 6.61 Å². The lowest BCUT2D eigenvalue weighted by molar-refractivity contribution is 0.0551. The first-order valence-corrected chi connectivity index (χ1v) is 3.71. The van der Waals surface area contributed by atoms with Crippen molar-refractivity contribution in [1.29, 1.82) is 5.26 Å². The lowest BCUT2D eigenvalue weighted by Crippen LogP contribution is -2.05. The van der Waals surface area contributed by atoms with Crippen LogP contribution in [0.25, 0.3) is 0 Å². The highest BCUT2D eigenvalue weighted by Gasteiger charge is 2.12. The van der Waals surface area contributed by atoms with E-state index in [0.29, 0.717) is 0 Å². The number of nitriles is 1. The average molecular weight is 193 g/mol. The molecule has 0 unspecified atom stereocenters. The van der Waals surface area contributed by atoms with E-state index in [1.165, 1.54) is 12.1 Å². The highest BCUT2D eigenvalue weighted by molar-refractivity contribution is 5.92. The summed E-state index contributed by atoms with van der Waals surface area (Å²) in [6, 6.07) is 5.09. The fourth-order valence-electron chi connectivity index (χ4n) is 0.868. The van der Waals surface area contributed by atoms with Gasteiger partial charge < -0.3 is 14.9 Å². The zero-order chi connectivity index (χ0) is 10.6. The van der Waals surface area contributed by atoms with Gasteiger partial charge in [0, 0.05) is 6.07 Å². The second-order valence-corrected chi connectivity index (χ2v) is 2.44. The molecule has 14 heavy (non-hydrogen) atoms. The third-order valence-corrected chi connectivity index (χ3v) is 1.47. The number of esters is 1. The molecule has 0 heterocycles. The number of aromatic hydroxyl groups is 2. The maximum atomic E-state index is 11.1. The third kappa shape index (κ3) is 2.14. The third-order valence-electron chi connectivity index (χ3n) is 1.47. The average Bonchev–Trinajstić information content (AvgIpc) is 2.14. The molecule has 72 valence electrons. The van der Waals surface area contributed by atoms with Crippen LogP contribution in [0, 0.1) is 11.3 Å². The van der Waals surface area contributed by atoms with Crippen molar-refractivity contribution >= 4 is 5.97 Å². The maximum absolute atomic E-state index is 11.1. The zero-order valence-electron chi connectivity index (χ0n) is 7.10. The maximum Gasteiger partial charge on any atom is 0.342 e. The van der Waals surface area contributed by atoms with Gasteiger partial charge in [0.2, 0.25) is 0 Å². The highest BCUT2D eigenvalue weighted by Crippen LogP contribution is 2.22. The first kappa shape index (κ1) is 9.86. The summed E-state index contributed by atoms with van der Waals surface area (Å²) in [4.78, 5) is 11.1. The van der Waals surface area contributed by atoms with Gasteiger partial charge >= 0.3 is 5.97 Å². The van der Waals surface area contributed by atoms with E-state index in [0.717, 1.165) is 6.07 Å². The minimum Gasteiger partial charge on any atom is -0.508 e. The topological polar surface area (TPSA) is 90.5 Å². The van der Waals surface area contributed by atoms with Crippen LogP contribution in [0.3, 0.4) is 0 Å². The number of benzene rings is 1. The Hall–Kier alpha value is -2.22. The van der Waals surface area contributed by atoms with Gasteiger partial charge in [0.05, 0.1) is 0 Å². The molecule has 0 radical (unpaired) electrons. The van der Waals surface area contributed by atoms with Crippen molar-refractivity contribution in [3.05, 3.63) is 23.8 Å². The molecule has 0 spiro atoms. The summed E-state index contributed by atoms with van der Waals surface area (Å²) in [6.07, 6.45) is 0. The summed E-state index contributed by atoms with van der Waals surface area (Å²) in [6.45, 7) is -0.376. The van der Waals surface area contributed by atoms with Crippen LogP contribution in [0.4, 0.5) is 0 Å². The normalized spacial score (nSPS) is 9.07. The predicted molar refractivity (Wildman–Crippen MR) is 45.7 cm³/mol. The molecule has 0 aromatic heterocycles. The Kier molecular flexibility index (Phi) is 2.92. The molecule has 0 fully saturated rings. The van der Waals surface area contributed by atoms with Crippen LogP contribution >= 0.6 is 0 Å². The molecule has 2 N–H and O–H groups in total. The van der Waals surface area contributed by atoms with Gasteiger partial charge in [-0.1, -0.05) is 0 Å².